The summed E-state index contributed by atoms with van der Waals surface area (Å²) in [6.45, 7) is 1.23. The average Bonchev–Trinajstić information content (AvgIpc) is 2.72. The average molecular weight is 380 g/mol. The van der Waals surface area contributed by atoms with E-state index in [1.807, 2.05) is 48.5 Å². The summed E-state index contributed by atoms with van der Waals surface area (Å²) >= 11 is 6.15. The number of rotatable bonds is 8. The largest absolute Gasteiger partial charge is 0.380 e. The van der Waals surface area contributed by atoms with Crippen LogP contribution in [-0.4, -0.2) is 17.4 Å². The van der Waals surface area contributed by atoms with E-state index in [1.54, 1.807) is 12.3 Å². The zero-order valence-corrected chi connectivity index (χ0v) is 15.7. The number of nitrogens with one attached hydrogen (secondary N) is 2. The van der Waals surface area contributed by atoms with Crippen LogP contribution >= 0.6 is 11.6 Å². The van der Waals surface area contributed by atoms with Crippen LogP contribution in [-0.2, 0) is 13.0 Å². The van der Waals surface area contributed by atoms with Crippen molar-refractivity contribution in [2.24, 2.45) is 0 Å². The lowest BCUT2D eigenvalue weighted by molar-refractivity contribution is 0.0948. The van der Waals surface area contributed by atoms with Crippen molar-refractivity contribution in [2.75, 3.05) is 11.9 Å². The van der Waals surface area contributed by atoms with Crippen LogP contribution in [0.3, 0.4) is 0 Å². The number of carbonyl (C=O) groups is 1. The first-order valence-electron chi connectivity index (χ1n) is 8.98. The number of nitrogens with zero attached hydrogens (tertiary/aromatic N) is 1. The van der Waals surface area contributed by atoms with Gasteiger partial charge in [0.1, 0.15) is 5.69 Å². The number of halogens is 1. The van der Waals surface area contributed by atoms with Crippen LogP contribution in [0.4, 0.5) is 5.69 Å². The molecule has 0 bridgehead atoms. The second kappa shape index (κ2) is 9.74. The van der Waals surface area contributed by atoms with Crippen molar-refractivity contribution in [2.45, 2.75) is 19.4 Å². The molecule has 3 aromatic rings. The van der Waals surface area contributed by atoms with Crippen LogP contribution < -0.4 is 10.6 Å². The standard InChI is InChI=1S/C22H22ClN3O/c23-20-11-5-4-10-18(20)15-25-19-12-13-21(26-16-19)22(27)24-14-6-9-17-7-2-1-3-8-17/h1-5,7-8,10-13,16,25H,6,9,14-15H2,(H,24,27). The SMILES string of the molecule is O=C(NCCCc1ccccc1)c1ccc(NCc2ccccc2Cl)cn1. The van der Waals surface area contributed by atoms with Crippen molar-refractivity contribution in [3.05, 3.63) is 94.8 Å². The van der Waals surface area contributed by atoms with E-state index in [2.05, 4.69) is 27.8 Å². The number of aromatic nitrogens is 1. The molecule has 0 unspecified atom stereocenters. The number of anilines is 1. The number of amides is 1. The van der Waals surface area contributed by atoms with Crippen LogP contribution in [0.15, 0.2) is 72.9 Å². The van der Waals surface area contributed by atoms with Gasteiger partial charge in [-0.05, 0) is 42.2 Å². The van der Waals surface area contributed by atoms with Gasteiger partial charge in [-0.1, -0.05) is 60.1 Å². The molecule has 1 amide bonds. The minimum absolute atomic E-state index is 0.152. The summed E-state index contributed by atoms with van der Waals surface area (Å²) in [6, 6.07) is 21.5. The van der Waals surface area contributed by atoms with E-state index in [4.69, 9.17) is 11.6 Å². The van der Waals surface area contributed by atoms with Gasteiger partial charge in [-0.25, -0.2) is 4.98 Å². The number of hydrogen-bond donors (Lipinski definition) is 2. The van der Waals surface area contributed by atoms with E-state index in [-0.39, 0.29) is 5.91 Å². The van der Waals surface area contributed by atoms with Crippen molar-refractivity contribution in [3.63, 3.8) is 0 Å². The van der Waals surface area contributed by atoms with Crippen LogP contribution in [0.1, 0.15) is 28.0 Å². The van der Waals surface area contributed by atoms with Gasteiger partial charge in [0.2, 0.25) is 0 Å². The Labute approximate surface area is 164 Å². The Morgan fingerprint density at radius 3 is 2.48 bits per heavy atom. The highest BCUT2D eigenvalue weighted by atomic mass is 35.5. The van der Waals surface area contributed by atoms with Crippen molar-refractivity contribution in [3.8, 4) is 0 Å². The van der Waals surface area contributed by atoms with Crippen LogP contribution in [0.5, 0.6) is 0 Å². The van der Waals surface area contributed by atoms with Crippen molar-refractivity contribution in [1.82, 2.24) is 10.3 Å². The lowest BCUT2D eigenvalue weighted by atomic mass is 10.1. The molecule has 0 aliphatic rings. The first kappa shape index (κ1) is 18.9. The number of carbonyl (C=O) groups excluding carboxylic acids is 1. The fourth-order valence-electron chi connectivity index (χ4n) is 2.70. The van der Waals surface area contributed by atoms with E-state index >= 15 is 0 Å². The maximum Gasteiger partial charge on any atom is 0.269 e. The Morgan fingerprint density at radius 1 is 0.963 bits per heavy atom. The number of hydrogen-bond acceptors (Lipinski definition) is 3. The zero-order chi connectivity index (χ0) is 18.9. The lowest BCUT2D eigenvalue weighted by Crippen LogP contribution is -2.25. The van der Waals surface area contributed by atoms with Gasteiger partial charge in [-0.2, -0.15) is 0 Å². The maximum absolute atomic E-state index is 12.2. The van der Waals surface area contributed by atoms with E-state index in [1.165, 1.54) is 5.56 Å². The highest BCUT2D eigenvalue weighted by Crippen LogP contribution is 2.16. The molecule has 0 saturated carbocycles. The van der Waals surface area contributed by atoms with Crippen LogP contribution in [0, 0.1) is 0 Å². The number of benzene rings is 2. The third-order valence-electron chi connectivity index (χ3n) is 4.21. The first-order valence-corrected chi connectivity index (χ1v) is 9.35. The number of pyridine rings is 1. The Balaban J connectivity index is 1.43. The summed E-state index contributed by atoms with van der Waals surface area (Å²) in [5.41, 5.74) is 3.55. The molecule has 0 radical (unpaired) electrons. The Morgan fingerprint density at radius 2 is 1.74 bits per heavy atom. The molecule has 0 aliphatic carbocycles. The number of aryl methyl sites for hydroxylation is 1. The van der Waals surface area contributed by atoms with Crippen molar-refractivity contribution < 1.29 is 4.79 Å². The molecule has 1 aromatic heterocycles. The Bertz CT molecular complexity index is 866. The third-order valence-corrected chi connectivity index (χ3v) is 4.58. The van der Waals surface area contributed by atoms with E-state index < -0.39 is 0 Å². The predicted octanol–water partition coefficient (Wildman–Crippen LogP) is 4.71. The van der Waals surface area contributed by atoms with Gasteiger partial charge < -0.3 is 10.6 Å². The van der Waals surface area contributed by atoms with E-state index in [9.17, 15) is 4.79 Å². The minimum atomic E-state index is -0.152. The van der Waals surface area contributed by atoms with Crippen LogP contribution in [0.25, 0.3) is 0 Å². The summed E-state index contributed by atoms with van der Waals surface area (Å²) in [4.78, 5) is 16.4. The topological polar surface area (TPSA) is 54.0 Å². The van der Waals surface area contributed by atoms with Gasteiger partial charge in [-0.3, -0.25) is 4.79 Å². The second-order valence-corrected chi connectivity index (χ2v) is 6.63. The van der Waals surface area contributed by atoms with Crippen LogP contribution in [0.2, 0.25) is 5.02 Å². The van der Waals surface area contributed by atoms with Gasteiger partial charge in [-0.15, -0.1) is 0 Å². The molecule has 1 heterocycles. The molecular formula is C22H22ClN3O. The fraction of sp³-hybridized carbons (Fsp3) is 0.182. The first-order chi connectivity index (χ1) is 13.2. The van der Waals surface area contributed by atoms with Crippen molar-refractivity contribution in [1.29, 1.82) is 0 Å². The normalized spacial score (nSPS) is 10.4. The summed E-state index contributed by atoms with van der Waals surface area (Å²) in [7, 11) is 0. The van der Waals surface area contributed by atoms with Gasteiger partial charge in [0.15, 0.2) is 0 Å². The molecule has 4 nitrogen and oxygen atoms in total. The third kappa shape index (κ3) is 5.83. The summed E-state index contributed by atoms with van der Waals surface area (Å²) in [5.74, 6) is -0.152. The molecule has 2 aromatic carbocycles. The van der Waals surface area contributed by atoms with Crippen molar-refractivity contribution >= 4 is 23.2 Å². The van der Waals surface area contributed by atoms with Gasteiger partial charge >= 0.3 is 0 Å². The highest BCUT2D eigenvalue weighted by molar-refractivity contribution is 6.31. The van der Waals surface area contributed by atoms with Gasteiger partial charge in [0.05, 0.1) is 11.9 Å². The highest BCUT2D eigenvalue weighted by Gasteiger charge is 2.06. The molecule has 0 fully saturated rings. The summed E-state index contributed by atoms with van der Waals surface area (Å²) in [6.07, 6.45) is 3.50. The van der Waals surface area contributed by atoms with E-state index in [0.717, 1.165) is 29.1 Å². The molecule has 3 rings (SSSR count). The molecule has 0 atom stereocenters. The maximum atomic E-state index is 12.2. The van der Waals surface area contributed by atoms with Gasteiger partial charge in [0.25, 0.3) is 5.91 Å². The Kier molecular flexibility index (Phi) is 6.83. The smallest absolute Gasteiger partial charge is 0.269 e. The summed E-state index contributed by atoms with van der Waals surface area (Å²) in [5, 5.41) is 6.90. The molecule has 0 spiro atoms. The molecule has 2 N–H and O–H groups in total. The fourth-order valence-corrected chi connectivity index (χ4v) is 2.90. The quantitative estimate of drug-likeness (QED) is 0.557. The molecule has 0 aliphatic heterocycles. The van der Waals surface area contributed by atoms with Gasteiger partial charge in [0, 0.05) is 18.1 Å². The molecule has 5 heteroatoms. The molecule has 138 valence electrons. The van der Waals surface area contributed by atoms with E-state index in [0.29, 0.717) is 18.8 Å². The molecular weight excluding hydrogens is 358 g/mol. The molecule has 0 saturated heterocycles. The Hall–Kier alpha value is -2.85. The minimum Gasteiger partial charge on any atom is -0.380 e. The molecule has 27 heavy (non-hydrogen) atoms. The lowest BCUT2D eigenvalue weighted by Gasteiger charge is -2.09. The predicted molar refractivity (Wildman–Crippen MR) is 110 cm³/mol. The zero-order valence-electron chi connectivity index (χ0n) is 15.0. The second-order valence-electron chi connectivity index (χ2n) is 6.22. The summed E-state index contributed by atoms with van der Waals surface area (Å²) < 4.78 is 0. The monoisotopic (exact) mass is 379 g/mol.